The van der Waals surface area contributed by atoms with Gasteiger partial charge in [0.05, 0.1) is 11.4 Å². The molecule has 0 radical (unpaired) electrons. The predicted octanol–water partition coefficient (Wildman–Crippen LogP) is 5.04. The Morgan fingerprint density at radius 1 is 1.26 bits per heavy atom. The molecule has 8 heteroatoms. The van der Waals surface area contributed by atoms with Gasteiger partial charge < -0.3 is 10.1 Å². The van der Waals surface area contributed by atoms with Crippen molar-refractivity contribution >= 4 is 23.4 Å². The van der Waals surface area contributed by atoms with Crippen molar-refractivity contribution in [2.75, 3.05) is 11.1 Å². The van der Waals surface area contributed by atoms with E-state index in [-0.39, 0.29) is 23.5 Å². The first-order valence-electron chi connectivity index (χ1n) is 9.98. The molecule has 0 aliphatic carbocycles. The van der Waals surface area contributed by atoms with Gasteiger partial charge in [-0.25, -0.2) is 4.39 Å². The highest BCUT2D eigenvalue weighted by molar-refractivity contribution is 7.99. The second-order valence-electron chi connectivity index (χ2n) is 6.81. The largest absolute Gasteiger partial charge is 0.483 e. The quantitative estimate of drug-likeness (QED) is 0.353. The highest BCUT2D eigenvalue weighted by Crippen LogP contribution is 2.25. The number of para-hydroxylation sites is 1. The SMILES string of the molecule is C=CCn1c(SCC(=O)Nc2ccccc2F)nnc1C(C)Oc1ccc(CC)cc1. The van der Waals surface area contributed by atoms with E-state index in [1.807, 2.05) is 35.8 Å². The number of nitrogens with zero attached hydrogens (tertiary/aromatic N) is 3. The van der Waals surface area contributed by atoms with Gasteiger partial charge in [-0.3, -0.25) is 9.36 Å². The van der Waals surface area contributed by atoms with Crippen LogP contribution in [-0.2, 0) is 17.8 Å². The summed E-state index contributed by atoms with van der Waals surface area (Å²) in [7, 11) is 0. The van der Waals surface area contributed by atoms with E-state index in [9.17, 15) is 9.18 Å². The Kier molecular flexibility index (Phi) is 7.83. The van der Waals surface area contributed by atoms with Crippen LogP contribution in [0.1, 0.15) is 31.3 Å². The van der Waals surface area contributed by atoms with E-state index in [2.05, 4.69) is 29.0 Å². The van der Waals surface area contributed by atoms with Crippen molar-refractivity contribution in [2.45, 2.75) is 38.1 Å². The molecule has 0 saturated heterocycles. The lowest BCUT2D eigenvalue weighted by molar-refractivity contribution is -0.113. The summed E-state index contributed by atoms with van der Waals surface area (Å²) in [5.74, 6) is 0.644. The summed E-state index contributed by atoms with van der Waals surface area (Å²) in [4.78, 5) is 12.2. The monoisotopic (exact) mass is 440 g/mol. The molecule has 2 aromatic carbocycles. The summed E-state index contributed by atoms with van der Waals surface area (Å²) in [5, 5.41) is 11.6. The number of amides is 1. The van der Waals surface area contributed by atoms with Gasteiger partial charge in [0.25, 0.3) is 0 Å². The Labute approximate surface area is 185 Å². The number of rotatable bonds is 10. The number of carbonyl (C=O) groups is 1. The lowest BCUT2D eigenvalue weighted by Crippen LogP contribution is -2.16. The molecule has 1 atom stereocenters. The minimum absolute atomic E-state index is 0.0668. The lowest BCUT2D eigenvalue weighted by Gasteiger charge is -2.16. The van der Waals surface area contributed by atoms with E-state index >= 15 is 0 Å². The molecule has 0 aliphatic heterocycles. The molecule has 3 aromatic rings. The molecule has 0 aliphatic rings. The van der Waals surface area contributed by atoms with Crippen LogP contribution in [0.5, 0.6) is 5.75 Å². The third kappa shape index (κ3) is 5.95. The standard InChI is InChI=1S/C23H25FN4O2S/c1-4-14-28-22(16(3)30-18-12-10-17(5-2)11-13-18)26-27-23(28)31-15-21(29)25-20-9-7-6-8-19(20)24/h4,6-13,16H,1,5,14-15H2,2-3H3,(H,25,29). The number of benzene rings is 2. The van der Waals surface area contributed by atoms with Crippen molar-refractivity contribution in [1.82, 2.24) is 14.8 Å². The summed E-state index contributed by atoms with van der Waals surface area (Å²) in [6, 6.07) is 14.0. The van der Waals surface area contributed by atoms with Crippen LogP contribution in [0.3, 0.4) is 0 Å². The Balaban J connectivity index is 1.66. The van der Waals surface area contributed by atoms with Gasteiger partial charge in [-0.2, -0.15) is 0 Å². The minimum atomic E-state index is -0.476. The second kappa shape index (κ2) is 10.8. The first kappa shape index (κ1) is 22.6. The molecule has 1 unspecified atom stereocenters. The van der Waals surface area contributed by atoms with Crippen molar-refractivity contribution in [2.24, 2.45) is 0 Å². The number of ether oxygens (including phenoxy) is 1. The Morgan fingerprint density at radius 2 is 2.00 bits per heavy atom. The highest BCUT2D eigenvalue weighted by atomic mass is 32.2. The van der Waals surface area contributed by atoms with Gasteiger partial charge in [0.15, 0.2) is 17.1 Å². The molecule has 0 spiro atoms. The minimum Gasteiger partial charge on any atom is -0.483 e. The number of allylic oxidation sites excluding steroid dienone is 1. The number of halogens is 1. The number of hydrogen-bond donors (Lipinski definition) is 1. The summed E-state index contributed by atoms with van der Waals surface area (Å²) in [6.45, 7) is 8.27. The smallest absolute Gasteiger partial charge is 0.234 e. The van der Waals surface area contributed by atoms with E-state index in [0.29, 0.717) is 17.5 Å². The number of hydrogen-bond acceptors (Lipinski definition) is 5. The van der Waals surface area contributed by atoms with E-state index < -0.39 is 5.82 Å². The van der Waals surface area contributed by atoms with E-state index in [0.717, 1.165) is 12.2 Å². The zero-order chi connectivity index (χ0) is 22.2. The molecule has 6 nitrogen and oxygen atoms in total. The van der Waals surface area contributed by atoms with Crippen LogP contribution in [0.4, 0.5) is 10.1 Å². The van der Waals surface area contributed by atoms with E-state index in [1.54, 1.807) is 18.2 Å². The molecule has 1 N–H and O–H groups in total. The molecule has 31 heavy (non-hydrogen) atoms. The topological polar surface area (TPSA) is 69.0 Å². The van der Waals surface area contributed by atoms with Gasteiger partial charge in [0.2, 0.25) is 5.91 Å². The van der Waals surface area contributed by atoms with Gasteiger partial charge in [-0.1, -0.05) is 49.0 Å². The van der Waals surface area contributed by atoms with Crippen LogP contribution in [0.25, 0.3) is 0 Å². The van der Waals surface area contributed by atoms with Crippen molar-refractivity contribution in [3.05, 3.63) is 78.4 Å². The fourth-order valence-electron chi connectivity index (χ4n) is 2.95. The molecule has 1 heterocycles. The van der Waals surface area contributed by atoms with E-state index in [4.69, 9.17) is 4.74 Å². The van der Waals surface area contributed by atoms with Crippen molar-refractivity contribution in [1.29, 1.82) is 0 Å². The number of anilines is 1. The second-order valence-corrected chi connectivity index (χ2v) is 7.76. The Bertz CT molecular complexity index is 1040. The van der Waals surface area contributed by atoms with Crippen LogP contribution >= 0.6 is 11.8 Å². The fraction of sp³-hybridized carbons (Fsp3) is 0.261. The molecular weight excluding hydrogens is 415 g/mol. The highest BCUT2D eigenvalue weighted by Gasteiger charge is 2.20. The Morgan fingerprint density at radius 3 is 2.68 bits per heavy atom. The van der Waals surface area contributed by atoms with Crippen LogP contribution in [0.2, 0.25) is 0 Å². The zero-order valence-corrected chi connectivity index (χ0v) is 18.4. The maximum absolute atomic E-state index is 13.7. The average Bonchev–Trinajstić information content (AvgIpc) is 3.17. The number of nitrogens with one attached hydrogen (secondary N) is 1. The molecule has 162 valence electrons. The summed E-state index contributed by atoms with van der Waals surface area (Å²) in [6.07, 6.45) is 2.36. The lowest BCUT2D eigenvalue weighted by atomic mass is 10.2. The summed E-state index contributed by atoms with van der Waals surface area (Å²) >= 11 is 1.22. The molecule has 1 amide bonds. The van der Waals surface area contributed by atoms with Gasteiger partial charge >= 0.3 is 0 Å². The average molecular weight is 441 g/mol. The van der Waals surface area contributed by atoms with Gasteiger partial charge in [-0.05, 0) is 43.2 Å². The van der Waals surface area contributed by atoms with Crippen LogP contribution in [0, 0.1) is 5.82 Å². The summed E-state index contributed by atoms with van der Waals surface area (Å²) in [5.41, 5.74) is 1.39. The van der Waals surface area contributed by atoms with Crippen LogP contribution in [0.15, 0.2) is 66.3 Å². The van der Waals surface area contributed by atoms with Crippen molar-refractivity contribution in [3.63, 3.8) is 0 Å². The first-order chi connectivity index (χ1) is 15.0. The molecular formula is C23H25FN4O2S. The predicted molar refractivity (Wildman–Crippen MR) is 121 cm³/mol. The molecule has 3 rings (SSSR count). The van der Waals surface area contributed by atoms with Crippen LogP contribution in [-0.4, -0.2) is 26.4 Å². The van der Waals surface area contributed by atoms with Gasteiger partial charge in [-0.15, -0.1) is 16.8 Å². The normalized spacial score (nSPS) is 11.7. The maximum Gasteiger partial charge on any atom is 0.234 e. The fourth-order valence-corrected chi connectivity index (χ4v) is 3.70. The van der Waals surface area contributed by atoms with Crippen LogP contribution < -0.4 is 10.1 Å². The third-order valence-corrected chi connectivity index (χ3v) is 5.51. The van der Waals surface area contributed by atoms with Crippen molar-refractivity contribution in [3.8, 4) is 5.75 Å². The summed E-state index contributed by atoms with van der Waals surface area (Å²) < 4.78 is 21.6. The third-order valence-electron chi connectivity index (χ3n) is 4.55. The van der Waals surface area contributed by atoms with Crippen molar-refractivity contribution < 1.29 is 13.9 Å². The molecule has 0 bridgehead atoms. The first-order valence-corrected chi connectivity index (χ1v) is 11.0. The molecule has 0 saturated carbocycles. The molecule has 1 aromatic heterocycles. The number of aromatic nitrogens is 3. The number of thioether (sulfide) groups is 1. The zero-order valence-electron chi connectivity index (χ0n) is 17.5. The van der Waals surface area contributed by atoms with E-state index in [1.165, 1.54) is 29.5 Å². The molecule has 0 fully saturated rings. The van der Waals surface area contributed by atoms with Gasteiger partial charge in [0, 0.05) is 6.54 Å². The maximum atomic E-state index is 13.7. The number of carbonyl (C=O) groups excluding carboxylic acids is 1. The number of aryl methyl sites for hydroxylation is 1. The Hall–Kier alpha value is -3.13. The van der Waals surface area contributed by atoms with Gasteiger partial charge in [0.1, 0.15) is 11.6 Å².